The summed E-state index contributed by atoms with van der Waals surface area (Å²) in [7, 11) is 0. The number of amides is 1. The van der Waals surface area contributed by atoms with Crippen molar-refractivity contribution in [3.05, 3.63) is 22.2 Å². The summed E-state index contributed by atoms with van der Waals surface area (Å²) >= 11 is 0. The monoisotopic (exact) mass is 221 g/mol. The van der Waals surface area contributed by atoms with Crippen molar-refractivity contribution >= 4 is 11.7 Å². The van der Waals surface area contributed by atoms with E-state index in [0.29, 0.717) is 23.9 Å². The number of nitrogens with one attached hydrogen (secondary N) is 2. The second-order valence-electron chi connectivity index (χ2n) is 4.30. The first-order chi connectivity index (χ1) is 7.63. The molecule has 0 saturated heterocycles. The summed E-state index contributed by atoms with van der Waals surface area (Å²) in [5.41, 5.74) is 0.262. The lowest BCUT2D eigenvalue weighted by Crippen LogP contribution is -2.23. The fourth-order valence-corrected chi connectivity index (χ4v) is 1.80. The average Bonchev–Trinajstić information content (AvgIpc) is 2.09. The fourth-order valence-electron chi connectivity index (χ4n) is 1.80. The lowest BCUT2D eigenvalue weighted by molar-refractivity contribution is -0.117. The van der Waals surface area contributed by atoms with E-state index in [1.807, 2.05) is 0 Å². The Morgan fingerprint density at radius 1 is 1.62 bits per heavy atom. The standard InChI is InChI=1S/C11H15N3O2/c1-7-5-9(14-11(16)12-7)13-10(15)6-8-3-2-4-8/h5,8H,2-4,6H2,1H3,(H2,12,13,14,15,16). The van der Waals surface area contributed by atoms with Gasteiger partial charge in [-0.15, -0.1) is 0 Å². The van der Waals surface area contributed by atoms with Crippen LogP contribution in [0.15, 0.2) is 10.9 Å². The molecule has 0 spiro atoms. The predicted molar refractivity (Wildman–Crippen MR) is 60.2 cm³/mol. The fraction of sp³-hybridized carbons (Fsp3) is 0.545. The maximum Gasteiger partial charge on any atom is 0.347 e. The van der Waals surface area contributed by atoms with Gasteiger partial charge in [-0.25, -0.2) is 4.79 Å². The second kappa shape index (κ2) is 4.47. The summed E-state index contributed by atoms with van der Waals surface area (Å²) in [5, 5.41) is 2.65. The van der Waals surface area contributed by atoms with Crippen molar-refractivity contribution in [1.29, 1.82) is 0 Å². The van der Waals surface area contributed by atoms with Crippen LogP contribution in [0.4, 0.5) is 5.82 Å². The van der Waals surface area contributed by atoms with E-state index in [2.05, 4.69) is 15.3 Å². The first-order valence-electron chi connectivity index (χ1n) is 5.51. The summed E-state index contributed by atoms with van der Waals surface area (Å²) < 4.78 is 0. The molecule has 0 radical (unpaired) electrons. The number of nitrogens with zero attached hydrogens (tertiary/aromatic N) is 1. The van der Waals surface area contributed by atoms with Gasteiger partial charge in [-0.1, -0.05) is 6.42 Å². The van der Waals surface area contributed by atoms with Gasteiger partial charge in [0.25, 0.3) is 0 Å². The maximum absolute atomic E-state index is 11.6. The minimum absolute atomic E-state index is 0.0535. The molecule has 1 fully saturated rings. The van der Waals surface area contributed by atoms with Gasteiger partial charge in [0.2, 0.25) is 5.91 Å². The lowest BCUT2D eigenvalue weighted by Gasteiger charge is -2.24. The van der Waals surface area contributed by atoms with Gasteiger partial charge < -0.3 is 10.3 Å². The van der Waals surface area contributed by atoms with Crippen molar-refractivity contribution in [2.75, 3.05) is 5.32 Å². The molecule has 0 aromatic carbocycles. The highest BCUT2D eigenvalue weighted by atomic mass is 16.2. The maximum atomic E-state index is 11.6. The Morgan fingerprint density at radius 3 is 2.94 bits per heavy atom. The number of anilines is 1. The zero-order valence-electron chi connectivity index (χ0n) is 9.25. The Labute approximate surface area is 93.3 Å². The Kier molecular flexibility index (Phi) is 3.03. The molecule has 1 amide bonds. The highest BCUT2D eigenvalue weighted by molar-refractivity contribution is 5.89. The summed E-state index contributed by atoms with van der Waals surface area (Å²) in [6.45, 7) is 1.75. The molecular formula is C11H15N3O2. The highest BCUT2D eigenvalue weighted by Crippen LogP contribution is 2.29. The zero-order chi connectivity index (χ0) is 11.5. The third kappa shape index (κ3) is 2.68. The predicted octanol–water partition coefficient (Wildman–Crippen LogP) is 1.21. The Balaban J connectivity index is 1.96. The van der Waals surface area contributed by atoms with Crippen molar-refractivity contribution in [3.8, 4) is 0 Å². The van der Waals surface area contributed by atoms with Crippen LogP contribution in [-0.2, 0) is 4.79 Å². The van der Waals surface area contributed by atoms with E-state index in [9.17, 15) is 9.59 Å². The lowest BCUT2D eigenvalue weighted by atomic mass is 9.83. The Bertz CT molecular complexity index is 449. The molecule has 16 heavy (non-hydrogen) atoms. The van der Waals surface area contributed by atoms with E-state index >= 15 is 0 Å². The largest absolute Gasteiger partial charge is 0.347 e. The van der Waals surface area contributed by atoms with E-state index < -0.39 is 5.69 Å². The summed E-state index contributed by atoms with van der Waals surface area (Å²) in [6, 6.07) is 1.65. The molecule has 2 rings (SSSR count). The van der Waals surface area contributed by atoms with Crippen molar-refractivity contribution in [3.63, 3.8) is 0 Å². The minimum atomic E-state index is -0.432. The van der Waals surface area contributed by atoms with Gasteiger partial charge in [0.15, 0.2) is 0 Å². The van der Waals surface area contributed by atoms with Gasteiger partial charge in [0, 0.05) is 18.2 Å². The molecule has 1 aromatic heterocycles. The molecule has 2 N–H and O–H groups in total. The highest BCUT2D eigenvalue weighted by Gasteiger charge is 2.20. The van der Waals surface area contributed by atoms with Crippen molar-refractivity contribution < 1.29 is 4.79 Å². The molecule has 1 heterocycles. The van der Waals surface area contributed by atoms with E-state index in [1.165, 1.54) is 6.42 Å². The zero-order valence-corrected chi connectivity index (χ0v) is 9.25. The molecule has 0 bridgehead atoms. The van der Waals surface area contributed by atoms with Crippen LogP contribution in [0.25, 0.3) is 0 Å². The molecule has 0 unspecified atom stereocenters. The SMILES string of the molecule is Cc1cc(NC(=O)CC2CCC2)nc(=O)[nH]1. The first kappa shape index (κ1) is 10.9. The number of hydrogen-bond acceptors (Lipinski definition) is 3. The van der Waals surface area contributed by atoms with Gasteiger partial charge >= 0.3 is 5.69 Å². The van der Waals surface area contributed by atoms with Crippen LogP contribution in [0.3, 0.4) is 0 Å². The van der Waals surface area contributed by atoms with Gasteiger partial charge in [-0.2, -0.15) is 4.98 Å². The molecule has 0 aliphatic heterocycles. The summed E-state index contributed by atoms with van der Waals surface area (Å²) in [6.07, 6.45) is 4.03. The molecule has 5 heteroatoms. The number of aromatic amines is 1. The van der Waals surface area contributed by atoms with Crippen LogP contribution in [0, 0.1) is 12.8 Å². The van der Waals surface area contributed by atoms with E-state index in [4.69, 9.17) is 0 Å². The number of aryl methyl sites for hydroxylation is 1. The van der Waals surface area contributed by atoms with Crippen molar-refractivity contribution in [1.82, 2.24) is 9.97 Å². The van der Waals surface area contributed by atoms with Crippen LogP contribution >= 0.6 is 0 Å². The summed E-state index contributed by atoms with van der Waals surface area (Å²) in [5.74, 6) is 0.802. The smallest absolute Gasteiger partial charge is 0.310 e. The molecule has 1 saturated carbocycles. The van der Waals surface area contributed by atoms with Gasteiger partial charge in [0.1, 0.15) is 5.82 Å². The van der Waals surface area contributed by atoms with Crippen LogP contribution in [0.1, 0.15) is 31.4 Å². The Morgan fingerprint density at radius 2 is 2.38 bits per heavy atom. The van der Waals surface area contributed by atoms with E-state index in [0.717, 1.165) is 12.8 Å². The third-order valence-electron chi connectivity index (χ3n) is 2.85. The topological polar surface area (TPSA) is 74.8 Å². The van der Waals surface area contributed by atoms with Crippen LogP contribution in [0.2, 0.25) is 0 Å². The summed E-state index contributed by atoms with van der Waals surface area (Å²) in [4.78, 5) is 28.9. The number of carbonyl (C=O) groups excluding carboxylic acids is 1. The molecule has 1 aromatic rings. The number of H-pyrrole nitrogens is 1. The van der Waals surface area contributed by atoms with Crippen LogP contribution in [0.5, 0.6) is 0 Å². The normalized spacial score (nSPS) is 15.6. The van der Waals surface area contributed by atoms with Crippen LogP contribution < -0.4 is 11.0 Å². The molecule has 1 aliphatic carbocycles. The van der Waals surface area contributed by atoms with Gasteiger partial charge in [-0.05, 0) is 25.7 Å². The van der Waals surface area contributed by atoms with E-state index in [-0.39, 0.29) is 5.91 Å². The van der Waals surface area contributed by atoms with Crippen molar-refractivity contribution in [2.24, 2.45) is 5.92 Å². The third-order valence-corrected chi connectivity index (χ3v) is 2.85. The molecule has 86 valence electrons. The molecule has 1 aliphatic rings. The number of rotatable bonds is 3. The van der Waals surface area contributed by atoms with Gasteiger partial charge in [-0.3, -0.25) is 4.79 Å². The quantitative estimate of drug-likeness (QED) is 0.805. The minimum Gasteiger partial charge on any atom is -0.310 e. The van der Waals surface area contributed by atoms with Crippen LogP contribution in [-0.4, -0.2) is 15.9 Å². The van der Waals surface area contributed by atoms with Crippen molar-refractivity contribution in [2.45, 2.75) is 32.6 Å². The average molecular weight is 221 g/mol. The first-order valence-corrected chi connectivity index (χ1v) is 5.51. The molecular weight excluding hydrogens is 206 g/mol. The van der Waals surface area contributed by atoms with Gasteiger partial charge in [0.05, 0.1) is 0 Å². The number of carbonyl (C=O) groups is 1. The number of hydrogen-bond donors (Lipinski definition) is 2. The van der Waals surface area contributed by atoms with E-state index in [1.54, 1.807) is 13.0 Å². The number of aromatic nitrogens is 2. The molecule has 0 atom stereocenters. The molecule has 5 nitrogen and oxygen atoms in total. The Hall–Kier alpha value is -1.65. The second-order valence-corrected chi connectivity index (χ2v) is 4.30.